The highest BCUT2D eigenvalue weighted by atomic mass is 16.6. The van der Waals surface area contributed by atoms with Crippen LogP contribution in [0.25, 0.3) is 0 Å². The number of ether oxygens (including phenoxy) is 1. The van der Waals surface area contributed by atoms with Gasteiger partial charge in [-0.1, -0.05) is 12.8 Å². The molecule has 1 N–H and O–H groups in total. The highest BCUT2D eigenvalue weighted by Crippen LogP contribution is 2.33. The second-order valence-corrected chi connectivity index (χ2v) is 6.59. The van der Waals surface area contributed by atoms with Crippen LogP contribution in [0.2, 0.25) is 0 Å². The highest BCUT2D eigenvalue weighted by molar-refractivity contribution is 5.68. The van der Waals surface area contributed by atoms with Crippen molar-refractivity contribution in [2.24, 2.45) is 5.92 Å². The van der Waals surface area contributed by atoms with Crippen LogP contribution in [0.3, 0.4) is 0 Å². The molecule has 4 nitrogen and oxygen atoms in total. The maximum Gasteiger partial charge on any atom is 0.410 e. The van der Waals surface area contributed by atoms with Crippen molar-refractivity contribution in [3.63, 3.8) is 0 Å². The van der Waals surface area contributed by atoms with E-state index in [-0.39, 0.29) is 6.09 Å². The zero-order valence-electron chi connectivity index (χ0n) is 13.2. The third-order valence-corrected chi connectivity index (χ3v) is 3.29. The molecular formula is C15H30N2O2. The number of rotatable bonds is 7. The second-order valence-electron chi connectivity index (χ2n) is 6.59. The first-order chi connectivity index (χ1) is 8.81. The summed E-state index contributed by atoms with van der Waals surface area (Å²) in [5.74, 6) is 0.940. The first kappa shape index (κ1) is 16.3. The van der Waals surface area contributed by atoms with Crippen LogP contribution < -0.4 is 5.32 Å². The van der Waals surface area contributed by atoms with Crippen LogP contribution in [0.15, 0.2) is 0 Å². The predicted octanol–water partition coefficient (Wildman–Crippen LogP) is 3.02. The van der Waals surface area contributed by atoms with E-state index >= 15 is 0 Å². The molecule has 1 aliphatic rings. The van der Waals surface area contributed by atoms with Gasteiger partial charge in [-0.25, -0.2) is 4.79 Å². The number of likely N-dealkylation sites (N-methyl/N-ethyl adjacent to an activating group) is 1. The number of hydrogen-bond acceptors (Lipinski definition) is 3. The molecule has 0 radical (unpaired) electrons. The maximum atomic E-state index is 11.9. The van der Waals surface area contributed by atoms with E-state index in [0.29, 0.717) is 19.1 Å². The number of carbonyl (C=O) groups is 1. The van der Waals surface area contributed by atoms with Crippen LogP contribution in [0.5, 0.6) is 0 Å². The van der Waals surface area contributed by atoms with Gasteiger partial charge < -0.3 is 15.0 Å². The van der Waals surface area contributed by atoms with Gasteiger partial charge in [0.1, 0.15) is 5.60 Å². The molecule has 0 aromatic carbocycles. The van der Waals surface area contributed by atoms with Crippen molar-refractivity contribution < 1.29 is 9.53 Å². The van der Waals surface area contributed by atoms with Crippen LogP contribution in [0.4, 0.5) is 4.79 Å². The Morgan fingerprint density at radius 3 is 2.53 bits per heavy atom. The first-order valence-corrected chi connectivity index (χ1v) is 7.53. The smallest absolute Gasteiger partial charge is 0.410 e. The molecule has 4 heteroatoms. The Morgan fingerprint density at radius 1 is 1.42 bits per heavy atom. The van der Waals surface area contributed by atoms with E-state index in [0.717, 1.165) is 12.5 Å². The molecule has 0 aliphatic heterocycles. The fraction of sp³-hybridized carbons (Fsp3) is 0.933. The highest BCUT2D eigenvalue weighted by Gasteiger charge is 2.24. The van der Waals surface area contributed by atoms with Crippen molar-refractivity contribution in [1.29, 1.82) is 0 Å². The van der Waals surface area contributed by atoms with Crippen molar-refractivity contribution in [2.75, 3.05) is 19.6 Å². The molecule has 1 rings (SSSR count). The Morgan fingerprint density at radius 2 is 2.05 bits per heavy atom. The van der Waals surface area contributed by atoms with Gasteiger partial charge in [0.2, 0.25) is 0 Å². The van der Waals surface area contributed by atoms with Crippen LogP contribution in [-0.4, -0.2) is 42.3 Å². The van der Waals surface area contributed by atoms with Crippen LogP contribution >= 0.6 is 0 Å². The zero-order valence-corrected chi connectivity index (χ0v) is 13.2. The standard InChI is InChI=1S/C15H30N2O2/c1-6-17(14(18)19-15(3,4)5)10-9-16-12(2)11-13-7-8-13/h12-13,16H,6-11H2,1-5H3. The summed E-state index contributed by atoms with van der Waals surface area (Å²) in [6, 6.07) is 0.546. The van der Waals surface area contributed by atoms with Crippen molar-refractivity contribution in [1.82, 2.24) is 10.2 Å². The van der Waals surface area contributed by atoms with Crippen molar-refractivity contribution >= 4 is 6.09 Å². The van der Waals surface area contributed by atoms with Gasteiger partial charge in [0, 0.05) is 25.7 Å². The maximum absolute atomic E-state index is 11.9. The Labute approximate surface area is 117 Å². The monoisotopic (exact) mass is 270 g/mol. The summed E-state index contributed by atoms with van der Waals surface area (Å²) >= 11 is 0. The molecule has 0 bridgehead atoms. The van der Waals surface area contributed by atoms with Crippen LogP contribution in [0.1, 0.15) is 53.9 Å². The van der Waals surface area contributed by atoms with E-state index in [2.05, 4.69) is 12.2 Å². The molecule has 1 fully saturated rings. The molecular weight excluding hydrogens is 240 g/mol. The number of amides is 1. The first-order valence-electron chi connectivity index (χ1n) is 7.53. The van der Waals surface area contributed by atoms with Gasteiger partial charge in [-0.05, 0) is 47.0 Å². The molecule has 0 aromatic heterocycles. The van der Waals surface area contributed by atoms with Gasteiger partial charge in [0.05, 0.1) is 0 Å². The summed E-state index contributed by atoms with van der Waals surface area (Å²) in [7, 11) is 0. The SMILES string of the molecule is CCN(CCNC(C)CC1CC1)C(=O)OC(C)(C)C. The molecule has 0 saturated heterocycles. The Hall–Kier alpha value is -0.770. The zero-order chi connectivity index (χ0) is 14.5. The van der Waals surface area contributed by atoms with Crippen molar-refractivity contribution in [3.05, 3.63) is 0 Å². The quantitative estimate of drug-likeness (QED) is 0.773. The minimum Gasteiger partial charge on any atom is -0.444 e. The Bertz CT molecular complexity index is 282. The number of hydrogen-bond donors (Lipinski definition) is 1. The van der Waals surface area contributed by atoms with Gasteiger partial charge >= 0.3 is 6.09 Å². The van der Waals surface area contributed by atoms with Crippen LogP contribution in [-0.2, 0) is 4.74 Å². The van der Waals surface area contributed by atoms with Gasteiger partial charge in [0.25, 0.3) is 0 Å². The fourth-order valence-electron chi connectivity index (χ4n) is 2.09. The fourth-order valence-corrected chi connectivity index (χ4v) is 2.09. The molecule has 1 saturated carbocycles. The summed E-state index contributed by atoms with van der Waals surface area (Å²) in [4.78, 5) is 13.7. The Kier molecular flexibility index (Phi) is 6.11. The van der Waals surface area contributed by atoms with Crippen molar-refractivity contribution in [2.45, 2.75) is 65.5 Å². The molecule has 1 amide bonds. The second kappa shape index (κ2) is 7.13. The lowest BCUT2D eigenvalue weighted by Crippen LogP contribution is -2.41. The molecule has 1 aliphatic carbocycles. The average Bonchev–Trinajstić information content (AvgIpc) is 3.05. The van der Waals surface area contributed by atoms with E-state index in [9.17, 15) is 4.79 Å². The van der Waals surface area contributed by atoms with Gasteiger partial charge in [-0.2, -0.15) is 0 Å². The molecule has 19 heavy (non-hydrogen) atoms. The largest absolute Gasteiger partial charge is 0.444 e. The van der Waals surface area contributed by atoms with Gasteiger partial charge in [-0.3, -0.25) is 0 Å². The molecule has 1 atom stereocenters. The number of nitrogens with zero attached hydrogens (tertiary/aromatic N) is 1. The average molecular weight is 270 g/mol. The van der Waals surface area contributed by atoms with E-state index in [4.69, 9.17) is 4.74 Å². The minimum absolute atomic E-state index is 0.216. The molecule has 0 heterocycles. The lowest BCUT2D eigenvalue weighted by atomic mass is 10.1. The summed E-state index contributed by atoms with van der Waals surface area (Å²) in [5, 5.41) is 3.49. The lowest BCUT2D eigenvalue weighted by molar-refractivity contribution is 0.0261. The normalized spacial score (nSPS) is 17.1. The number of nitrogens with one attached hydrogen (secondary N) is 1. The molecule has 112 valence electrons. The topological polar surface area (TPSA) is 41.6 Å². The predicted molar refractivity (Wildman–Crippen MR) is 78.3 cm³/mol. The molecule has 0 aromatic rings. The van der Waals surface area contributed by atoms with E-state index in [1.807, 2.05) is 27.7 Å². The van der Waals surface area contributed by atoms with Crippen LogP contribution in [0, 0.1) is 5.92 Å². The molecule has 1 unspecified atom stereocenters. The third kappa shape index (κ3) is 7.41. The summed E-state index contributed by atoms with van der Waals surface area (Å²) in [5.41, 5.74) is -0.419. The van der Waals surface area contributed by atoms with E-state index < -0.39 is 5.60 Å². The van der Waals surface area contributed by atoms with Gasteiger partial charge in [0.15, 0.2) is 0 Å². The van der Waals surface area contributed by atoms with Gasteiger partial charge in [-0.15, -0.1) is 0 Å². The lowest BCUT2D eigenvalue weighted by Gasteiger charge is -2.27. The molecule has 0 spiro atoms. The Balaban J connectivity index is 2.21. The van der Waals surface area contributed by atoms with Crippen molar-refractivity contribution in [3.8, 4) is 0 Å². The van der Waals surface area contributed by atoms with E-state index in [1.54, 1.807) is 4.90 Å². The van der Waals surface area contributed by atoms with E-state index in [1.165, 1.54) is 19.3 Å². The minimum atomic E-state index is -0.419. The summed E-state index contributed by atoms with van der Waals surface area (Å²) in [6.07, 6.45) is 3.83. The summed E-state index contributed by atoms with van der Waals surface area (Å²) in [6.45, 7) is 12.1. The third-order valence-electron chi connectivity index (χ3n) is 3.29. The number of carbonyl (C=O) groups excluding carboxylic acids is 1. The summed E-state index contributed by atoms with van der Waals surface area (Å²) < 4.78 is 5.38.